The van der Waals surface area contributed by atoms with Gasteiger partial charge in [0.2, 0.25) is 10.0 Å². The Morgan fingerprint density at radius 3 is 2.71 bits per heavy atom. The van der Waals surface area contributed by atoms with E-state index in [9.17, 15) is 12.8 Å². The van der Waals surface area contributed by atoms with Crippen LogP contribution >= 0.6 is 38.9 Å². The summed E-state index contributed by atoms with van der Waals surface area (Å²) < 4.78 is 41.3. The first-order valence-electron chi connectivity index (χ1n) is 5.78. The third-order valence-electron chi connectivity index (χ3n) is 2.61. The predicted molar refractivity (Wildman–Crippen MR) is 86.7 cm³/mol. The molecule has 0 saturated carbocycles. The molecule has 0 aliphatic heterocycles. The summed E-state index contributed by atoms with van der Waals surface area (Å²) in [5, 5.41) is 0.0662. The van der Waals surface area contributed by atoms with E-state index in [0.29, 0.717) is 6.42 Å². The molecule has 114 valence electrons. The second-order valence-corrected chi connectivity index (χ2v) is 8.88. The van der Waals surface area contributed by atoms with Crippen molar-refractivity contribution in [1.29, 1.82) is 0 Å². The van der Waals surface area contributed by atoms with Gasteiger partial charge in [0.05, 0.1) is 9.47 Å². The Morgan fingerprint density at radius 2 is 2.10 bits per heavy atom. The molecule has 0 spiro atoms. The number of nitrogens with one attached hydrogen (secondary N) is 1. The van der Waals surface area contributed by atoms with E-state index in [-0.39, 0.29) is 17.3 Å². The maximum Gasteiger partial charge on any atom is 0.243 e. The Morgan fingerprint density at radius 1 is 1.38 bits per heavy atom. The molecular weight excluding hydrogens is 403 g/mol. The fraction of sp³-hybridized carbons (Fsp3) is 0.167. The van der Waals surface area contributed by atoms with Crippen molar-refractivity contribution in [2.75, 3.05) is 12.3 Å². The van der Waals surface area contributed by atoms with Gasteiger partial charge in [0.15, 0.2) is 5.82 Å². The zero-order valence-corrected chi connectivity index (χ0v) is 14.5. The van der Waals surface area contributed by atoms with Crippen LogP contribution in [0, 0.1) is 5.82 Å². The lowest BCUT2D eigenvalue weighted by molar-refractivity contribution is 0.559. The lowest BCUT2D eigenvalue weighted by Gasteiger charge is -2.09. The molecule has 1 heterocycles. The Hall–Kier alpha value is -0.670. The third-order valence-corrected chi connectivity index (χ3v) is 5.98. The summed E-state index contributed by atoms with van der Waals surface area (Å²) in [4.78, 5) is 0.468. The van der Waals surface area contributed by atoms with Crippen molar-refractivity contribution in [2.24, 2.45) is 0 Å². The fourth-order valence-electron chi connectivity index (χ4n) is 1.65. The molecule has 3 N–H and O–H groups in total. The van der Waals surface area contributed by atoms with Gasteiger partial charge in [-0.2, -0.15) is 0 Å². The van der Waals surface area contributed by atoms with E-state index in [2.05, 4.69) is 20.7 Å². The van der Waals surface area contributed by atoms with Gasteiger partial charge in [0, 0.05) is 16.4 Å². The molecule has 4 nitrogen and oxygen atoms in total. The van der Waals surface area contributed by atoms with Gasteiger partial charge in [-0.1, -0.05) is 11.6 Å². The van der Waals surface area contributed by atoms with Crippen molar-refractivity contribution in [3.8, 4) is 0 Å². The van der Waals surface area contributed by atoms with E-state index in [1.165, 1.54) is 17.4 Å². The van der Waals surface area contributed by atoms with Gasteiger partial charge in [-0.3, -0.25) is 0 Å². The SMILES string of the molecule is Nc1cc(Cl)cc(S(=O)(=O)NCCc2ccc(Br)s2)c1F. The van der Waals surface area contributed by atoms with Crippen molar-refractivity contribution >= 4 is 54.6 Å². The molecular formula is C12H11BrClFN2O2S2. The summed E-state index contributed by atoms with van der Waals surface area (Å²) in [5.74, 6) is -0.995. The molecule has 0 aliphatic carbocycles. The number of anilines is 1. The van der Waals surface area contributed by atoms with Gasteiger partial charge in [-0.15, -0.1) is 11.3 Å². The zero-order chi connectivity index (χ0) is 15.6. The first kappa shape index (κ1) is 16.7. The second kappa shape index (κ2) is 6.62. The number of halogens is 3. The van der Waals surface area contributed by atoms with Crippen LogP contribution in [0.2, 0.25) is 5.02 Å². The minimum atomic E-state index is -4.00. The number of sulfonamides is 1. The standard InChI is InChI=1S/C12H11BrClFN2O2S2/c13-11-2-1-8(20-11)3-4-17-21(18,19)10-6-7(14)5-9(16)12(10)15/h1-2,5-6,17H,3-4,16H2. The number of hydrogen-bond acceptors (Lipinski definition) is 4. The predicted octanol–water partition coefficient (Wildman–Crippen LogP) is 3.41. The molecule has 2 aromatic rings. The van der Waals surface area contributed by atoms with Crippen LogP contribution in [0.4, 0.5) is 10.1 Å². The summed E-state index contributed by atoms with van der Waals surface area (Å²) in [6, 6.07) is 5.98. The minimum absolute atomic E-state index is 0.0662. The van der Waals surface area contributed by atoms with E-state index < -0.39 is 20.7 Å². The van der Waals surface area contributed by atoms with Crippen molar-refractivity contribution in [3.63, 3.8) is 0 Å². The number of rotatable bonds is 5. The van der Waals surface area contributed by atoms with Gasteiger partial charge in [-0.25, -0.2) is 17.5 Å². The number of nitrogens with two attached hydrogens (primary N) is 1. The third kappa shape index (κ3) is 4.17. The summed E-state index contributed by atoms with van der Waals surface area (Å²) in [6.07, 6.45) is 0.507. The van der Waals surface area contributed by atoms with Crippen LogP contribution < -0.4 is 10.5 Å². The lowest BCUT2D eigenvalue weighted by atomic mass is 10.3. The van der Waals surface area contributed by atoms with E-state index in [4.69, 9.17) is 17.3 Å². The van der Waals surface area contributed by atoms with Gasteiger partial charge < -0.3 is 5.73 Å². The van der Waals surface area contributed by atoms with Gasteiger partial charge >= 0.3 is 0 Å². The number of thiophene rings is 1. The molecule has 1 aromatic carbocycles. The number of benzene rings is 1. The average Bonchev–Trinajstić information content (AvgIpc) is 2.79. The molecule has 0 amide bonds. The quantitative estimate of drug-likeness (QED) is 0.738. The molecule has 1 aromatic heterocycles. The number of nitrogen functional groups attached to an aromatic ring is 1. The van der Waals surface area contributed by atoms with Gasteiger partial charge in [0.1, 0.15) is 4.90 Å². The molecule has 0 fully saturated rings. The molecule has 2 rings (SSSR count). The molecule has 0 unspecified atom stereocenters. The topological polar surface area (TPSA) is 72.2 Å². The second-order valence-electron chi connectivity index (χ2n) is 4.16. The first-order valence-corrected chi connectivity index (χ1v) is 9.25. The molecule has 0 saturated heterocycles. The van der Waals surface area contributed by atoms with E-state index in [1.54, 1.807) is 0 Å². The summed E-state index contributed by atoms with van der Waals surface area (Å²) >= 11 is 10.6. The van der Waals surface area contributed by atoms with Crippen LogP contribution in [0.5, 0.6) is 0 Å². The first-order chi connectivity index (χ1) is 9.79. The molecule has 9 heteroatoms. The fourth-order valence-corrected chi connectivity index (χ4v) is 4.59. The van der Waals surface area contributed by atoms with Crippen LogP contribution in [0.25, 0.3) is 0 Å². The molecule has 0 atom stereocenters. The van der Waals surface area contributed by atoms with Crippen LogP contribution in [0.15, 0.2) is 32.9 Å². The lowest BCUT2D eigenvalue weighted by Crippen LogP contribution is -2.27. The van der Waals surface area contributed by atoms with Gasteiger partial charge in [-0.05, 0) is 46.6 Å². The normalized spacial score (nSPS) is 11.8. The van der Waals surface area contributed by atoms with Crippen LogP contribution in [0.3, 0.4) is 0 Å². The molecule has 0 radical (unpaired) electrons. The van der Waals surface area contributed by atoms with Crippen molar-refractivity contribution in [2.45, 2.75) is 11.3 Å². The monoisotopic (exact) mass is 412 g/mol. The largest absolute Gasteiger partial charge is 0.396 e. The Bertz CT molecular complexity index is 765. The highest BCUT2D eigenvalue weighted by atomic mass is 79.9. The van der Waals surface area contributed by atoms with Crippen molar-refractivity contribution < 1.29 is 12.8 Å². The highest BCUT2D eigenvalue weighted by molar-refractivity contribution is 9.11. The van der Waals surface area contributed by atoms with Crippen LogP contribution in [-0.2, 0) is 16.4 Å². The summed E-state index contributed by atoms with van der Waals surface area (Å²) in [6.45, 7) is 0.154. The number of hydrogen-bond donors (Lipinski definition) is 2. The van der Waals surface area contributed by atoms with E-state index in [1.807, 2.05) is 12.1 Å². The Balaban J connectivity index is 2.12. The highest BCUT2D eigenvalue weighted by Gasteiger charge is 2.21. The van der Waals surface area contributed by atoms with Gasteiger partial charge in [0.25, 0.3) is 0 Å². The molecule has 0 bridgehead atoms. The summed E-state index contributed by atoms with van der Waals surface area (Å²) in [5.41, 5.74) is 5.08. The maximum atomic E-state index is 13.8. The zero-order valence-electron chi connectivity index (χ0n) is 10.6. The summed E-state index contributed by atoms with van der Waals surface area (Å²) in [7, 11) is -4.00. The highest BCUT2D eigenvalue weighted by Crippen LogP contribution is 2.25. The molecule has 21 heavy (non-hydrogen) atoms. The van der Waals surface area contributed by atoms with Crippen molar-refractivity contribution in [3.05, 3.63) is 43.8 Å². The Labute approximate surface area is 139 Å². The van der Waals surface area contributed by atoms with E-state index >= 15 is 0 Å². The minimum Gasteiger partial charge on any atom is -0.396 e. The molecule has 0 aliphatic rings. The Kier molecular flexibility index (Phi) is 5.26. The maximum absolute atomic E-state index is 13.8. The average molecular weight is 414 g/mol. The van der Waals surface area contributed by atoms with Crippen molar-refractivity contribution in [1.82, 2.24) is 4.72 Å². The smallest absolute Gasteiger partial charge is 0.243 e. The van der Waals surface area contributed by atoms with Crippen LogP contribution in [-0.4, -0.2) is 15.0 Å². The van der Waals surface area contributed by atoms with Crippen LogP contribution in [0.1, 0.15) is 4.88 Å². The van der Waals surface area contributed by atoms with E-state index in [0.717, 1.165) is 14.7 Å².